The van der Waals surface area contributed by atoms with E-state index in [0.717, 1.165) is 5.56 Å². The summed E-state index contributed by atoms with van der Waals surface area (Å²) in [5.74, 6) is 0.376. The van der Waals surface area contributed by atoms with Gasteiger partial charge in [-0.1, -0.05) is 29.8 Å². The summed E-state index contributed by atoms with van der Waals surface area (Å²) in [6.07, 6.45) is 0. The predicted molar refractivity (Wildman–Crippen MR) is 104 cm³/mol. The fraction of sp³-hybridized carbons (Fsp3) is 0.136. The molecule has 3 rings (SSSR count). The van der Waals surface area contributed by atoms with E-state index in [4.69, 9.17) is 4.74 Å². The fourth-order valence-corrected chi connectivity index (χ4v) is 2.71. The van der Waals surface area contributed by atoms with Crippen molar-refractivity contribution in [1.82, 2.24) is 0 Å². The molecule has 0 unspecified atom stereocenters. The third-order valence-electron chi connectivity index (χ3n) is 4.17. The molecule has 0 spiro atoms. The number of amides is 1. The summed E-state index contributed by atoms with van der Waals surface area (Å²) in [7, 11) is 1.54. The van der Waals surface area contributed by atoms with Gasteiger partial charge in [-0.3, -0.25) is 4.79 Å². The van der Waals surface area contributed by atoms with E-state index in [1.807, 2.05) is 19.1 Å². The highest BCUT2D eigenvalue weighted by Crippen LogP contribution is 2.34. The van der Waals surface area contributed by atoms with Crippen LogP contribution in [0.25, 0.3) is 11.1 Å². The van der Waals surface area contributed by atoms with Gasteiger partial charge in [0.25, 0.3) is 5.91 Å². The van der Waals surface area contributed by atoms with Crippen LogP contribution in [0.1, 0.15) is 15.9 Å². The number of ether oxygens (including phenoxy) is 2. The highest BCUT2D eigenvalue weighted by molar-refractivity contribution is 6.04. The van der Waals surface area contributed by atoms with Gasteiger partial charge in [-0.25, -0.2) is 0 Å². The summed E-state index contributed by atoms with van der Waals surface area (Å²) in [6.45, 7) is -1.02. The van der Waals surface area contributed by atoms with Crippen LogP contribution >= 0.6 is 0 Å². The van der Waals surface area contributed by atoms with Crippen molar-refractivity contribution in [3.05, 3.63) is 77.9 Å². The Morgan fingerprint density at radius 3 is 2.25 bits per heavy atom. The second-order valence-electron chi connectivity index (χ2n) is 6.14. The van der Waals surface area contributed by atoms with Crippen molar-refractivity contribution in [1.29, 1.82) is 0 Å². The Hall–Kier alpha value is -3.41. The molecule has 0 bridgehead atoms. The number of methoxy groups -OCH3 is 1. The second kappa shape index (κ2) is 8.52. The summed E-state index contributed by atoms with van der Waals surface area (Å²) < 4.78 is 35.3. The van der Waals surface area contributed by atoms with Crippen LogP contribution in [0.2, 0.25) is 0 Å². The molecule has 0 aliphatic carbocycles. The van der Waals surface area contributed by atoms with E-state index in [1.54, 1.807) is 49.6 Å². The highest BCUT2D eigenvalue weighted by atomic mass is 19.3. The first-order valence-electron chi connectivity index (χ1n) is 8.57. The van der Waals surface area contributed by atoms with Gasteiger partial charge in [-0.05, 0) is 55.0 Å². The standard InChI is InChI=1S/C22H19F2NO3/c1-14-3-5-16(6-4-14)21(26)25-17-9-12-20(28-22(23)24)19(13-17)15-7-10-18(27-2)11-8-15/h3-13,22H,1-2H3,(H,25,26). The Labute approximate surface area is 161 Å². The number of hydrogen-bond donors (Lipinski definition) is 1. The van der Waals surface area contributed by atoms with Crippen LogP contribution in [-0.4, -0.2) is 19.6 Å². The van der Waals surface area contributed by atoms with Gasteiger partial charge >= 0.3 is 6.61 Å². The number of hydrogen-bond acceptors (Lipinski definition) is 3. The molecule has 0 atom stereocenters. The van der Waals surface area contributed by atoms with Gasteiger partial charge in [0.15, 0.2) is 0 Å². The first-order chi connectivity index (χ1) is 13.5. The molecule has 3 aromatic carbocycles. The zero-order chi connectivity index (χ0) is 20.1. The lowest BCUT2D eigenvalue weighted by Crippen LogP contribution is -2.12. The highest BCUT2D eigenvalue weighted by Gasteiger charge is 2.14. The van der Waals surface area contributed by atoms with Crippen LogP contribution in [0.4, 0.5) is 14.5 Å². The van der Waals surface area contributed by atoms with E-state index >= 15 is 0 Å². The third kappa shape index (κ3) is 4.65. The summed E-state index contributed by atoms with van der Waals surface area (Å²) in [4.78, 5) is 12.4. The van der Waals surface area contributed by atoms with Gasteiger partial charge in [0.1, 0.15) is 11.5 Å². The number of benzene rings is 3. The molecule has 0 saturated heterocycles. The Kier molecular flexibility index (Phi) is 5.89. The molecule has 1 amide bonds. The smallest absolute Gasteiger partial charge is 0.387 e. The average Bonchev–Trinajstić information content (AvgIpc) is 2.69. The van der Waals surface area contributed by atoms with Gasteiger partial charge in [-0.15, -0.1) is 0 Å². The lowest BCUT2D eigenvalue weighted by molar-refractivity contribution is -0.0494. The molecule has 0 radical (unpaired) electrons. The number of aryl methyl sites for hydroxylation is 1. The van der Waals surface area contributed by atoms with Crippen LogP contribution in [0.3, 0.4) is 0 Å². The predicted octanol–water partition coefficient (Wildman–Crippen LogP) is 5.52. The van der Waals surface area contributed by atoms with Crippen molar-refractivity contribution in [3.63, 3.8) is 0 Å². The molecule has 0 aliphatic rings. The van der Waals surface area contributed by atoms with E-state index in [1.165, 1.54) is 12.1 Å². The summed E-state index contributed by atoms with van der Waals surface area (Å²) in [5.41, 5.74) is 3.11. The van der Waals surface area contributed by atoms with Crippen molar-refractivity contribution in [2.45, 2.75) is 13.5 Å². The lowest BCUT2D eigenvalue weighted by atomic mass is 10.0. The van der Waals surface area contributed by atoms with E-state index < -0.39 is 6.61 Å². The van der Waals surface area contributed by atoms with Crippen molar-refractivity contribution in [3.8, 4) is 22.6 Å². The Balaban J connectivity index is 1.92. The largest absolute Gasteiger partial charge is 0.497 e. The number of nitrogens with one attached hydrogen (secondary N) is 1. The third-order valence-corrected chi connectivity index (χ3v) is 4.17. The fourth-order valence-electron chi connectivity index (χ4n) is 2.71. The van der Waals surface area contributed by atoms with Crippen LogP contribution in [-0.2, 0) is 0 Å². The molecule has 0 saturated carbocycles. The summed E-state index contributed by atoms with van der Waals surface area (Å²) >= 11 is 0. The van der Waals surface area contributed by atoms with E-state index in [0.29, 0.717) is 28.1 Å². The molecule has 1 N–H and O–H groups in total. The number of halogens is 2. The van der Waals surface area contributed by atoms with Crippen LogP contribution in [0, 0.1) is 6.92 Å². The molecule has 0 aliphatic heterocycles. The average molecular weight is 383 g/mol. The van der Waals surface area contributed by atoms with Crippen LogP contribution in [0.15, 0.2) is 66.7 Å². The summed E-state index contributed by atoms with van der Waals surface area (Å²) in [6, 6.07) is 18.6. The zero-order valence-electron chi connectivity index (χ0n) is 15.4. The monoisotopic (exact) mass is 383 g/mol. The maximum Gasteiger partial charge on any atom is 0.387 e. The Morgan fingerprint density at radius 2 is 1.64 bits per heavy atom. The topological polar surface area (TPSA) is 47.6 Å². The molecule has 0 aromatic heterocycles. The van der Waals surface area contributed by atoms with Crippen molar-refractivity contribution < 1.29 is 23.0 Å². The van der Waals surface area contributed by atoms with Gasteiger partial charge in [0, 0.05) is 16.8 Å². The number of alkyl halides is 2. The van der Waals surface area contributed by atoms with Crippen LogP contribution < -0.4 is 14.8 Å². The number of carbonyl (C=O) groups excluding carboxylic acids is 1. The van der Waals surface area contributed by atoms with Crippen molar-refractivity contribution in [2.75, 3.05) is 12.4 Å². The zero-order valence-corrected chi connectivity index (χ0v) is 15.4. The molecule has 28 heavy (non-hydrogen) atoms. The number of carbonyl (C=O) groups is 1. The van der Waals surface area contributed by atoms with Crippen molar-refractivity contribution in [2.24, 2.45) is 0 Å². The first kappa shape index (κ1) is 19.4. The number of rotatable bonds is 6. The van der Waals surface area contributed by atoms with E-state index in [9.17, 15) is 13.6 Å². The SMILES string of the molecule is COc1ccc(-c2cc(NC(=O)c3ccc(C)cc3)ccc2OC(F)F)cc1. The second-order valence-corrected chi connectivity index (χ2v) is 6.14. The maximum absolute atomic E-state index is 12.8. The molecule has 6 heteroatoms. The van der Waals surface area contributed by atoms with Crippen LogP contribution in [0.5, 0.6) is 11.5 Å². The Morgan fingerprint density at radius 1 is 0.964 bits per heavy atom. The van der Waals surface area contributed by atoms with Gasteiger partial charge in [0.05, 0.1) is 7.11 Å². The van der Waals surface area contributed by atoms with Gasteiger partial charge in [-0.2, -0.15) is 8.78 Å². The minimum absolute atomic E-state index is 0.0218. The molecule has 0 fully saturated rings. The molecule has 144 valence electrons. The molecule has 0 heterocycles. The summed E-state index contributed by atoms with van der Waals surface area (Å²) in [5, 5.41) is 2.78. The molecular weight excluding hydrogens is 364 g/mol. The van der Waals surface area contributed by atoms with E-state index in [-0.39, 0.29) is 11.7 Å². The Bertz CT molecular complexity index is 955. The van der Waals surface area contributed by atoms with Gasteiger partial charge in [0.2, 0.25) is 0 Å². The first-order valence-corrected chi connectivity index (χ1v) is 8.57. The molecule has 3 aromatic rings. The van der Waals surface area contributed by atoms with E-state index in [2.05, 4.69) is 10.1 Å². The minimum Gasteiger partial charge on any atom is -0.497 e. The quantitative estimate of drug-likeness (QED) is 0.609. The van der Waals surface area contributed by atoms with Gasteiger partial charge < -0.3 is 14.8 Å². The molecular formula is C22H19F2NO3. The lowest BCUT2D eigenvalue weighted by Gasteiger charge is -2.14. The minimum atomic E-state index is -2.95. The normalized spacial score (nSPS) is 10.6. The maximum atomic E-state index is 12.8. The molecule has 4 nitrogen and oxygen atoms in total. The van der Waals surface area contributed by atoms with Crippen molar-refractivity contribution >= 4 is 11.6 Å². The number of anilines is 1.